The van der Waals surface area contributed by atoms with E-state index in [4.69, 9.17) is 14.2 Å². The van der Waals surface area contributed by atoms with Crippen molar-refractivity contribution in [3.05, 3.63) is 109 Å². The minimum absolute atomic E-state index is 0.0793. The van der Waals surface area contributed by atoms with Crippen LogP contribution < -0.4 is 0 Å². The van der Waals surface area contributed by atoms with Crippen molar-refractivity contribution in [3.8, 4) is 0 Å². The number of carbonyl (C=O) groups excluding carboxylic acids is 3. The van der Waals surface area contributed by atoms with Gasteiger partial charge in [-0.05, 0) is 103 Å². The molecule has 6 nitrogen and oxygen atoms in total. The normalized spacial score (nSPS) is 12.8. The molecular weight excluding hydrogens is 1020 g/mol. The first-order chi connectivity index (χ1) is 41.0. The molecule has 1 atom stereocenters. The molecular formula is C77H132O6. The predicted octanol–water partition coefficient (Wildman–Crippen LogP) is 24.6. The molecule has 0 spiro atoms. The maximum atomic E-state index is 12.9. The van der Waals surface area contributed by atoms with E-state index in [2.05, 4.69) is 130 Å². The van der Waals surface area contributed by atoms with Gasteiger partial charge in [0.15, 0.2) is 6.10 Å². The second-order valence-corrected chi connectivity index (χ2v) is 23.4. The van der Waals surface area contributed by atoms with Crippen LogP contribution in [0.15, 0.2) is 109 Å². The Balaban J connectivity index is 4.19. The first kappa shape index (κ1) is 79.1. The maximum Gasteiger partial charge on any atom is 0.306 e. The molecule has 0 bridgehead atoms. The summed E-state index contributed by atoms with van der Waals surface area (Å²) in [7, 11) is 0. The van der Waals surface area contributed by atoms with Crippen LogP contribution in [0.3, 0.4) is 0 Å². The van der Waals surface area contributed by atoms with E-state index in [1.54, 1.807) is 0 Å². The summed E-state index contributed by atoms with van der Waals surface area (Å²) >= 11 is 0. The minimum Gasteiger partial charge on any atom is -0.462 e. The molecule has 6 heteroatoms. The Morgan fingerprint density at radius 3 is 0.783 bits per heavy atom. The van der Waals surface area contributed by atoms with E-state index >= 15 is 0 Å². The summed E-state index contributed by atoms with van der Waals surface area (Å²) < 4.78 is 17.0. The molecule has 0 rings (SSSR count). The van der Waals surface area contributed by atoms with Crippen molar-refractivity contribution in [2.24, 2.45) is 0 Å². The Bertz CT molecular complexity index is 1660. The third kappa shape index (κ3) is 68.7. The summed E-state index contributed by atoms with van der Waals surface area (Å²) in [5.41, 5.74) is 0. The quantitative estimate of drug-likeness (QED) is 0.0261. The van der Waals surface area contributed by atoms with Crippen LogP contribution in [-0.2, 0) is 28.6 Å². The van der Waals surface area contributed by atoms with Gasteiger partial charge in [-0.25, -0.2) is 0 Å². The van der Waals surface area contributed by atoms with Crippen LogP contribution in [-0.4, -0.2) is 37.2 Å². The summed E-state index contributed by atoms with van der Waals surface area (Å²) in [6.45, 7) is 6.49. The summed E-state index contributed by atoms with van der Waals surface area (Å²) in [5, 5.41) is 0. The molecule has 0 fully saturated rings. The van der Waals surface area contributed by atoms with Crippen LogP contribution in [0.1, 0.15) is 342 Å². The van der Waals surface area contributed by atoms with Gasteiger partial charge in [0.2, 0.25) is 0 Å². The highest BCUT2D eigenvalue weighted by Crippen LogP contribution is 2.17. The van der Waals surface area contributed by atoms with E-state index in [1.165, 1.54) is 173 Å². The lowest BCUT2D eigenvalue weighted by Crippen LogP contribution is -2.30. The van der Waals surface area contributed by atoms with Crippen LogP contribution in [0, 0.1) is 0 Å². The summed E-state index contributed by atoms with van der Waals surface area (Å²) in [4.78, 5) is 38.4. The van der Waals surface area contributed by atoms with E-state index in [0.29, 0.717) is 19.3 Å². The molecule has 0 radical (unpaired) electrons. The van der Waals surface area contributed by atoms with Crippen molar-refractivity contribution in [2.45, 2.75) is 348 Å². The zero-order valence-corrected chi connectivity index (χ0v) is 54.7. The highest BCUT2D eigenvalue weighted by Gasteiger charge is 2.19. The zero-order valence-electron chi connectivity index (χ0n) is 54.7. The van der Waals surface area contributed by atoms with Crippen LogP contribution in [0.5, 0.6) is 0 Å². The molecule has 0 saturated heterocycles. The Kier molecular flexibility index (Phi) is 67.2. The van der Waals surface area contributed by atoms with Crippen LogP contribution >= 0.6 is 0 Å². The number of ether oxygens (including phenoxy) is 3. The van der Waals surface area contributed by atoms with Gasteiger partial charge in [0.25, 0.3) is 0 Å². The predicted molar refractivity (Wildman–Crippen MR) is 362 cm³/mol. The second kappa shape index (κ2) is 70.6. The zero-order chi connectivity index (χ0) is 59.9. The highest BCUT2D eigenvalue weighted by atomic mass is 16.6. The summed E-state index contributed by atoms with van der Waals surface area (Å²) in [5.74, 6) is -0.879. The number of hydrogen-bond donors (Lipinski definition) is 0. The molecule has 476 valence electrons. The van der Waals surface area contributed by atoms with Crippen LogP contribution in [0.25, 0.3) is 0 Å². The molecule has 0 aliphatic rings. The molecule has 0 aliphatic heterocycles. The van der Waals surface area contributed by atoms with Gasteiger partial charge in [-0.1, -0.05) is 329 Å². The van der Waals surface area contributed by atoms with Gasteiger partial charge < -0.3 is 14.2 Å². The van der Waals surface area contributed by atoms with Crippen molar-refractivity contribution in [2.75, 3.05) is 13.2 Å². The molecule has 83 heavy (non-hydrogen) atoms. The Labute approximate surface area is 514 Å². The van der Waals surface area contributed by atoms with Crippen molar-refractivity contribution in [1.82, 2.24) is 0 Å². The fraction of sp³-hybridized carbons (Fsp3) is 0.727. The monoisotopic (exact) mass is 1150 g/mol. The number of carbonyl (C=O) groups is 3. The first-order valence-corrected chi connectivity index (χ1v) is 35.4. The average Bonchev–Trinajstić information content (AvgIpc) is 3.49. The van der Waals surface area contributed by atoms with Gasteiger partial charge in [0.1, 0.15) is 13.2 Å². The topological polar surface area (TPSA) is 78.9 Å². The van der Waals surface area contributed by atoms with Gasteiger partial charge in [-0.3, -0.25) is 14.4 Å². The van der Waals surface area contributed by atoms with Crippen molar-refractivity contribution < 1.29 is 28.6 Å². The fourth-order valence-corrected chi connectivity index (χ4v) is 9.99. The molecule has 0 saturated carbocycles. The Morgan fingerprint density at radius 2 is 0.494 bits per heavy atom. The lowest BCUT2D eigenvalue weighted by Gasteiger charge is -2.18. The van der Waals surface area contributed by atoms with E-state index in [-0.39, 0.29) is 31.1 Å². The van der Waals surface area contributed by atoms with Gasteiger partial charge in [-0.2, -0.15) is 0 Å². The fourth-order valence-electron chi connectivity index (χ4n) is 9.99. The van der Waals surface area contributed by atoms with Crippen molar-refractivity contribution in [3.63, 3.8) is 0 Å². The minimum atomic E-state index is -0.783. The number of unbranched alkanes of at least 4 members (excludes halogenated alkanes) is 35. The van der Waals surface area contributed by atoms with Gasteiger partial charge in [0.05, 0.1) is 0 Å². The molecule has 0 aliphatic carbocycles. The van der Waals surface area contributed by atoms with Crippen molar-refractivity contribution in [1.29, 1.82) is 0 Å². The lowest BCUT2D eigenvalue weighted by molar-refractivity contribution is -0.167. The second-order valence-electron chi connectivity index (χ2n) is 23.4. The van der Waals surface area contributed by atoms with Gasteiger partial charge in [-0.15, -0.1) is 0 Å². The first-order valence-electron chi connectivity index (χ1n) is 35.4. The number of allylic oxidation sites excluding steroid dienone is 18. The molecule has 0 aromatic heterocycles. The lowest BCUT2D eigenvalue weighted by atomic mass is 10.0. The van der Waals surface area contributed by atoms with Crippen LogP contribution in [0.4, 0.5) is 0 Å². The van der Waals surface area contributed by atoms with E-state index in [1.807, 2.05) is 0 Å². The summed E-state index contributed by atoms with van der Waals surface area (Å²) in [6.07, 6.45) is 96.9. The number of rotatable bonds is 64. The van der Waals surface area contributed by atoms with E-state index in [0.717, 1.165) is 128 Å². The molecule has 1 unspecified atom stereocenters. The van der Waals surface area contributed by atoms with E-state index in [9.17, 15) is 14.4 Å². The maximum absolute atomic E-state index is 12.9. The van der Waals surface area contributed by atoms with Crippen LogP contribution in [0.2, 0.25) is 0 Å². The largest absolute Gasteiger partial charge is 0.462 e. The Hall–Kier alpha value is -3.93. The molecule has 0 aromatic carbocycles. The third-order valence-electron chi connectivity index (χ3n) is 15.2. The smallest absolute Gasteiger partial charge is 0.306 e. The van der Waals surface area contributed by atoms with Gasteiger partial charge in [0, 0.05) is 19.3 Å². The molecule has 0 N–H and O–H groups in total. The van der Waals surface area contributed by atoms with Gasteiger partial charge >= 0.3 is 17.9 Å². The molecule has 0 heterocycles. The van der Waals surface area contributed by atoms with E-state index < -0.39 is 6.10 Å². The summed E-state index contributed by atoms with van der Waals surface area (Å²) in [6, 6.07) is 0. The molecule has 0 amide bonds. The number of esters is 3. The standard InChI is InChI=1S/C77H132O6/c1-4-7-10-13-16-19-22-25-27-29-30-31-32-33-34-35-36-37-38-39-40-41-42-43-44-45-46-48-49-52-55-58-61-64-67-70-76(79)82-73-74(72-81-75(78)69-66-63-60-57-54-51-24-21-18-15-12-9-6-3)83-77(80)71-68-65-62-59-56-53-50-47-28-26-23-20-17-14-11-8-5-2/h7,10,12,15-16,19,21,24-25,27,30-31,33-34,36-37,39-40,74H,4-6,8-9,11,13-14,17-18,20,22-23,26,28-29,32,35,38,41-73H2,1-3H3/b10-7-,15-12-,19-16-,24-21-,27-25-,31-30-,34-33-,37-36-,40-39-. The highest BCUT2D eigenvalue weighted by molar-refractivity contribution is 5.71. The SMILES string of the molecule is CC/C=C\C/C=C\C/C=C\C/C=C\C/C=C\C/C=C\C/C=C\CCCCCCCCCCCCCCCC(=O)OCC(COC(=O)CCCCCCC/C=C\C/C=C\CCC)OC(=O)CCCCCCCCCCCCCCCCCCC. The molecule has 0 aromatic rings. The average molecular weight is 1150 g/mol. The number of hydrogen-bond acceptors (Lipinski definition) is 6. The Morgan fingerprint density at radius 1 is 0.253 bits per heavy atom. The third-order valence-corrected chi connectivity index (χ3v) is 15.2. The van der Waals surface area contributed by atoms with Crippen molar-refractivity contribution >= 4 is 17.9 Å².